The molecule has 1 N–H and O–H groups in total. The summed E-state index contributed by atoms with van der Waals surface area (Å²) in [6, 6.07) is 3.60. The van der Waals surface area contributed by atoms with Gasteiger partial charge in [0.2, 0.25) is 0 Å². The molecule has 1 aromatic rings. The van der Waals surface area contributed by atoms with Crippen LogP contribution in [-0.2, 0) is 0 Å². The Bertz CT molecular complexity index is 324. The van der Waals surface area contributed by atoms with Gasteiger partial charge >= 0.3 is 0 Å². The normalized spacial score (nSPS) is 12.2. The van der Waals surface area contributed by atoms with E-state index in [-0.39, 0.29) is 6.04 Å². The molecule has 0 aliphatic rings. The molecule has 0 radical (unpaired) electrons. The lowest BCUT2D eigenvalue weighted by Crippen LogP contribution is -2.23. The maximum Gasteiger partial charge on any atom is 0.126 e. The first-order valence-corrected chi connectivity index (χ1v) is 4.85. The quantitative estimate of drug-likeness (QED) is 0.773. The van der Waals surface area contributed by atoms with Gasteiger partial charge in [0, 0.05) is 6.20 Å². The molecule has 1 atom stereocenters. The highest BCUT2D eigenvalue weighted by molar-refractivity contribution is 6.30. The Morgan fingerprint density at radius 3 is 2.64 bits per heavy atom. The van der Waals surface area contributed by atoms with Crippen molar-refractivity contribution < 1.29 is 0 Å². The van der Waals surface area contributed by atoms with Gasteiger partial charge in [0.05, 0.1) is 11.1 Å². The van der Waals surface area contributed by atoms with E-state index < -0.39 is 0 Å². The summed E-state index contributed by atoms with van der Waals surface area (Å²) in [5.74, 6) is 3.81. The van der Waals surface area contributed by atoms with Gasteiger partial charge < -0.3 is 5.32 Å². The van der Waals surface area contributed by atoms with Crippen LogP contribution in [-0.4, -0.2) is 11.0 Å². The molecule has 0 aliphatic heterocycles. The van der Waals surface area contributed by atoms with E-state index in [0.717, 1.165) is 5.82 Å². The van der Waals surface area contributed by atoms with Crippen molar-refractivity contribution >= 4 is 17.4 Å². The first-order valence-electron chi connectivity index (χ1n) is 4.47. The van der Waals surface area contributed by atoms with E-state index in [4.69, 9.17) is 18.0 Å². The van der Waals surface area contributed by atoms with Crippen LogP contribution in [0.4, 0.5) is 5.82 Å². The molecule has 0 fully saturated rings. The molecule has 3 heteroatoms. The van der Waals surface area contributed by atoms with Crippen molar-refractivity contribution in [2.24, 2.45) is 5.92 Å². The molecule has 74 valence electrons. The zero-order valence-electron chi connectivity index (χ0n) is 8.29. The number of nitrogens with one attached hydrogen (secondary N) is 1. The van der Waals surface area contributed by atoms with E-state index in [1.807, 2.05) is 6.07 Å². The minimum absolute atomic E-state index is 0.00340. The van der Waals surface area contributed by atoms with Crippen LogP contribution in [0.25, 0.3) is 0 Å². The van der Waals surface area contributed by atoms with Crippen molar-refractivity contribution in [3.05, 3.63) is 23.4 Å². The molecule has 0 aromatic carbocycles. The number of pyridine rings is 1. The summed E-state index contributed by atoms with van der Waals surface area (Å²) in [5, 5.41) is 3.77. The fourth-order valence-electron chi connectivity index (χ4n) is 1.02. The Kier molecular flexibility index (Phi) is 3.79. The van der Waals surface area contributed by atoms with E-state index in [2.05, 4.69) is 30.1 Å². The second kappa shape index (κ2) is 4.88. The summed E-state index contributed by atoms with van der Waals surface area (Å²) in [4.78, 5) is 4.11. The van der Waals surface area contributed by atoms with Crippen molar-refractivity contribution in [2.75, 3.05) is 5.32 Å². The largest absolute Gasteiger partial charge is 0.356 e. The summed E-state index contributed by atoms with van der Waals surface area (Å²) in [6.07, 6.45) is 6.98. The maximum absolute atomic E-state index is 5.71. The van der Waals surface area contributed by atoms with Gasteiger partial charge in [-0.25, -0.2) is 4.98 Å². The molecule has 1 heterocycles. The Hall–Kier alpha value is -1.20. The minimum atomic E-state index is 0.00340. The van der Waals surface area contributed by atoms with Crippen molar-refractivity contribution in [3.8, 4) is 12.3 Å². The number of hydrogen-bond acceptors (Lipinski definition) is 2. The van der Waals surface area contributed by atoms with Gasteiger partial charge in [0.15, 0.2) is 0 Å². The number of hydrogen-bond donors (Lipinski definition) is 1. The first kappa shape index (κ1) is 10.9. The van der Waals surface area contributed by atoms with E-state index in [9.17, 15) is 0 Å². The van der Waals surface area contributed by atoms with Gasteiger partial charge in [-0.15, -0.1) is 6.42 Å². The number of terminal acetylenes is 1. The predicted molar refractivity (Wildman–Crippen MR) is 60.3 cm³/mol. The van der Waals surface area contributed by atoms with Crippen LogP contribution in [0.5, 0.6) is 0 Å². The van der Waals surface area contributed by atoms with Crippen molar-refractivity contribution in [3.63, 3.8) is 0 Å². The lowest BCUT2D eigenvalue weighted by Gasteiger charge is -2.16. The van der Waals surface area contributed by atoms with Gasteiger partial charge in [0.1, 0.15) is 5.82 Å². The Labute approximate surface area is 89.7 Å². The number of nitrogens with zero attached hydrogens (tertiary/aromatic N) is 1. The summed E-state index contributed by atoms with van der Waals surface area (Å²) < 4.78 is 0. The molecule has 1 unspecified atom stereocenters. The highest BCUT2D eigenvalue weighted by Crippen LogP contribution is 2.12. The number of anilines is 1. The van der Waals surface area contributed by atoms with Crippen LogP contribution in [0.3, 0.4) is 0 Å². The molecule has 0 spiro atoms. The zero-order valence-corrected chi connectivity index (χ0v) is 9.05. The smallest absolute Gasteiger partial charge is 0.126 e. The highest BCUT2D eigenvalue weighted by atomic mass is 35.5. The van der Waals surface area contributed by atoms with E-state index in [0.29, 0.717) is 10.9 Å². The van der Waals surface area contributed by atoms with Crippen molar-refractivity contribution in [1.29, 1.82) is 0 Å². The molecule has 0 saturated carbocycles. The average molecular weight is 209 g/mol. The third-order valence-corrected chi connectivity index (χ3v) is 2.10. The SMILES string of the molecule is C#CC(Nc1ccc(Cl)cn1)C(C)C. The summed E-state index contributed by atoms with van der Waals surface area (Å²) >= 11 is 5.71. The Morgan fingerprint density at radius 2 is 2.21 bits per heavy atom. The van der Waals surface area contributed by atoms with Crippen molar-refractivity contribution in [1.82, 2.24) is 4.98 Å². The van der Waals surface area contributed by atoms with Gasteiger partial charge in [-0.1, -0.05) is 31.4 Å². The summed E-state index contributed by atoms with van der Waals surface area (Å²) in [7, 11) is 0. The average Bonchev–Trinajstić information content (AvgIpc) is 2.16. The van der Waals surface area contributed by atoms with Crippen molar-refractivity contribution in [2.45, 2.75) is 19.9 Å². The molecule has 0 aliphatic carbocycles. The van der Waals surface area contributed by atoms with Gasteiger partial charge in [-0.3, -0.25) is 0 Å². The monoisotopic (exact) mass is 208 g/mol. The van der Waals surface area contributed by atoms with Crippen LogP contribution in [0.15, 0.2) is 18.3 Å². The molecule has 14 heavy (non-hydrogen) atoms. The van der Waals surface area contributed by atoms with Gasteiger partial charge in [-0.2, -0.15) is 0 Å². The second-order valence-corrected chi connectivity index (χ2v) is 3.83. The lowest BCUT2D eigenvalue weighted by atomic mass is 10.1. The second-order valence-electron chi connectivity index (χ2n) is 3.39. The third-order valence-electron chi connectivity index (χ3n) is 1.88. The molecular weight excluding hydrogens is 196 g/mol. The van der Waals surface area contributed by atoms with E-state index in [1.54, 1.807) is 12.3 Å². The molecule has 0 amide bonds. The minimum Gasteiger partial charge on any atom is -0.356 e. The van der Waals surface area contributed by atoms with E-state index >= 15 is 0 Å². The summed E-state index contributed by atoms with van der Waals surface area (Å²) in [6.45, 7) is 4.13. The molecule has 1 aromatic heterocycles. The fraction of sp³-hybridized carbons (Fsp3) is 0.364. The van der Waals surface area contributed by atoms with Gasteiger partial charge in [-0.05, 0) is 18.1 Å². The van der Waals surface area contributed by atoms with Crippen LogP contribution < -0.4 is 5.32 Å². The van der Waals surface area contributed by atoms with Crippen LogP contribution >= 0.6 is 11.6 Å². The molecular formula is C11H13ClN2. The summed E-state index contributed by atoms with van der Waals surface area (Å²) in [5.41, 5.74) is 0. The number of aromatic nitrogens is 1. The number of rotatable bonds is 3. The Balaban J connectivity index is 2.69. The molecule has 0 saturated heterocycles. The predicted octanol–water partition coefficient (Wildman–Crippen LogP) is 2.80. The lowest BCUT2D eigenvalue weighted by molar-refractivity contribution is 0.612. The highest BCUT2D eigenvalue weighted by Gasteiger charge is 2.09. The maximum atomic E-state index is 5.71. The molecule has 2 nitrogen and oxygen atoms in total. The number of halogens is 1. The van der Waals surface area contributed by atoms with Crippen LogP contribution in [0.2, 0.25) is 5.02 Å². The molecule has 0 bridgehead atoms. The zero-order chi connectivity index (χ0) is 10.6. The van der Waals surface area contributed by atoms with Crippen LogP contribution in [0, 0.1) is 18.3 Å². The Morgan fingerprint density at radius 1 is 1.50 bits per heavy atom. The van der Waals surface area contributed by atoms with Crippen LogP contribution in [0.1, 0.15) is 13.8 Å². The van der Waals surface area contributed by atoms with Gasteiger partial charge in [0.25, 0.3) is 0 Å². The molecule has 1 rings (SSSR count). The topological polar surface area (TPSA) is 24.9 Å². The first-order chi connectivity index (χ1) is 6.63. The van der Waals surface area contributed by atoms with E-state index in [1.165, 1.54) is 0 Å². The third kappa shape index (κ3) is 2.93. The fourth-order valence-corrected chi connectivity index (χ4v) is 1.13. The standard InChI is InChI=1S/C11H13ClN2/c1-4-10(8(2)3)14-11-6-5-9(12)7-13-11/h1,5-8,10H,2-3H3,(H,13,14).